The van der Waals surface area contributed by atoms with E-state index in [2.05, 4.69) is 15.6 Å². The first-order valence-corrected chi connectivity index (χ1v) is 7.17. The Hall–Kier alpha value is -2.04. The zero-order chi connectivity index (χ0) is 14.1. The summed E-state index contributed by atoms with van der Waals surface area (Å²) < 4.78 is 2.00. The number of rotatable bonds is 2. The topological polar surface area (TPSA) is 58.4 Å². The van der Waals surface area contributed by atoms with Crippen molar-refractivity contribution < 1.29 is 4.79 Å². The van der Waals surface area contributed by atoms with Crippen LogP contribution in [0.5, 0.6) is 0 Å². The van der Waals surface area contributed by atoms with Gasteiger partial charge in [0.1, 0.15) is 0 Å². The van der Waals surface area contributed by atoms with Gasteiger partial charge in [0.2, 0.25) is 0 Å². The van der Waals surface area contributed by atoms with Gasteiger partial charge in [-0.15, -0.1) is 0 Å². The summed E-state index contributed by atoms with van der Waals surface area (Å²) in [5.74, 6) is 0. The molecule has 2 aromatic heterocycles. The second kappa shape index (κ2) is 5.15. The van der Waals surface area contributed by atoms with Crippen LogP contribution in [-0.4, -0.2) is 21.5 Å². The summed E-state index contributed by atoms with van der Waals surface area (Å²) in [6.07, 6.45) is 6.54. The maximum absolute atomic E-state index is 12.0. The first-order chi connectivity index (χ1) is 9.65. The molecule has 0 radical (unpaired) electrons. The lowest BCUT2D eigenvalue weighted by molar-refractivity contribution is 0.248. The Kier molecular flexibility index (Phi) is 3.34. The van der Waals surface area contributed by atoms with Gasteiger partial charge in [0.15, 0.2) is 5.65 Å². The van der Waals surface area contributed by atoms with E-state index in [1.54, 1.807) is 0 Å². The van der Waals surface area contributed by atoms with Gasteiger partial charge in [-0.3, -0.25) is 0 Å². The molecule has 0 aliphatic heterocycles. The average Bonchev–Trinajstić information content (AvgIpc) is 3.01. The van der Waals surface area contributed by atoms with Crippen LogP contribution in [0.2, 0.25) is 0 Å². The zero-order valence-corrected chi connectivity index (χ0v) is 11.9. The van der Waals surface area contributed by atoms with E-state index in [0.29, 0.717) is 6.04 Å². The molecular formula is C15H20N4O. The molecule has 1 fully saturated rings. The SMILES string of the molecule is Cc1nc2c(NC(=O)NC3CCCC3)cccn2c1C. The maximum Gasteiger partial charge on any atom is 0.319 e. The summed E-state index contributed by atoms with van der Waals surface area (Å²) in [7, 11) is 0. The molecule has 0 unspecified atom stereocenters. The summed E-state index contributed by atoms with van der Waals surface area (Å²) in [4.78, 5) is 16.6. The van der Waals surface area contributed by atoms with Crippen molar-refractivity contribution in [1.82, 2.24) is 14.7 Å². The van der Waals surface area contributed by atoms with Gasteiger partial charge in [-0.1, -0.05) is 12.8 Å². The number of fused-ring (bicyclic) bond motifs is 1. The molecule has 0 spiro atoms. The molecule has 20 heavy (non-hydrogen) atoms. The van der Waals surface area contributed by atoms with Crippen LogP contribution in [0.4, 0.5) is 10.5 Å². The highest BCUT2D eigenvalue weighted by atomic mass is 16.2. The van der Waals surface area contributed by atoms with Crippen LogP contribution in [0.15, 0.2) is 18.3 Å². The van der Waals surface area contributed by atoms with E-state index in [-0.39, 0.29) is 6.03 Å². The smallest absolute Gasteiger partial charge is 0.319 e. The monoisotopic (exact) mass is 272 g/mol. The van der Waals surface area contributed by atoms with Gasteiger partial charge in [0.05, 0.1) is 11.4 Å². The number of amides is 2. The lowest BCUT2D eigenvalue weighted by Gasteiger charge is -2.13. The van der Waals surface area contributed by atoms with Gasteiger partial charge in [-0.25, -0.2) is 9.78 Å². The standard InChI is InChI=1S/C15H20N4O/c1-10-11(2)19-9-5-8-13(14(19)16-10)18-15(20)17-12-6-3-4-7-12/h5,8-9,12H,3-4,6-7H2,1-2H3,(H2,17,18,20). The number of carbonyl (C=O) groups excluding carboxylic acids is 1. The summed E-state index contributed by atoms with van der Waals surface area (Å²) in [5, 5.41) is 5.95. The van der Waals surface area contributed by atoms with E-state index in [1.807, 2.05) is 36.6 Å². The number of imidazole rings is 1. The van der Waals surface area contributed by atoms with E-state index < -0.39 is 0 Å². The number of carbonyl (C=O) groups is 1. The molecule has 1 aliphatic rings. The zero-order valence-electron chi connectivity index (χ0n) is 11.9. The van der Waals surface area contributed by atoms with Gasteiger partial charge in [0.25, 0.3) is 0 Å². The summed E-state index contributed by atoms with van der Waals surface area (Å²) in [6.45, 7) is 4.00. The number of hydrogen-bond acceptors (Lipinski definition) is 2. The van der Waals surface area contributed by atoms with E-state index in [1.165, 1.54) is 12.8 Å². The quantitative estimate of drug-likeness (QED) is 0.883. The molecule has 2 heterocycles. The highest BCUT2D eigenvalue weighted by molar-refractivity contribution is 5.93. The number of pyridine rings is 1. The number of urea groups is 1. The van der Waals surface area contributed by atoms with E-state index >= 15 is 0 Å². The molecule has 5 heteroatoms. The summed E-state index contributed by atoms with van der Waals surface area (Å²) in [5.41, 5.74) is 3.62. The Bertz CT molecular complexity index is 641. The van der Waals surface area contributed by atoms with Crippen molar-refractivity contribution in [3.8, 4) is 0 Å². The predicted molar refractivity (Wildman–Crippen MR) is 79.1 cm³/mol. The highest BCUT2D eigenvalue weighted by Crippen LogP contribution is 2.20. The number of hydrogen-bond donors (Lipinski definition) is 2. The maximum atomic E-state index is 12.0. The van der Waals surface area contributed by atoms with Gasteiger partial charge >= 0.3 is 6.03 Å². The van der Waals surface area contributed by atoms with Crippen LogP contribution in [0.25, 0.3) is 5.65 Å². The van der Waals surface area contributed by atoms with Crippen molar-refractivity contribution in [3.05, 3.63) is 29.7 Å². The van der Waals surface area contributed by atoms with Crippen molar-refractivity contribution in [3.63, 3.8) is 0 Å². The van der Waals surface area contributed by atoms with Crippen molar-refractivity contribution in [1.29, 1.82) is 0 Å². The van der Waals surface area contributed by atoms with E-state index in [9.17, 15) is 4.79 Å². The van der Waals surface area contributed by atoms with E-state index in [0.717, 1.165) is 35.6 Å². The Balaban J connectivity index is 1.80. The van der Waals surface area contributed by atoms with Crippen molar-refractivity contribution >= 4 is 17.4 Å². The van der Waals surface area contributed by atoms with Crippen molar-refractivity contribution in [2.24, 2.45) is 0 Å². The number of nitrogens with one attached hydrogen (secondary N) is 2. The predicted octanol–water partition coefficient (Wildman–Crippen LogP) is 3.02. The molecular weight excluding hydrogens is 252 g/mol. The third kappa shape index (κ3) is 2.35. The van der Waals surface area contributed by atoms with Crippen molar-refractivity contribution in [2.75, 3.05) is 5.32 Å². The highest BCUT2D eigenvalue weighted by Gasteiger charge is 2.18. The molecule has 0 atom stereocenters. The van der Waals surface area contributed by atoms with Crippen LogP contribution in [0.1, 0.15) is 37.1 Å². The van der Waals surface area contributed by atoms with Gasteiger partial charge in [-0.05, 0) is 38.8 Å². The van der Waals surface area contributed by atoms with Gasteiger partial charge in [0, 0.05) is 17.9 Å². The number of aryl methyl sites for hydroxylation is 2. The Morgan fingerprint density at radius 1 is 1.35 bits per heavy atom. The molecule has 3 rings (SSSR count). The fourth-order valence-electron chi connectivity index (χ4n) is 2.81. The second-order valence-electron chi connectivity index (χ2n) is 5.48. The van der Waals surface area contributed by atoms with Crippen LogP contribution in [0, 0.1) is 13.8 Å². The molecule has 0 saturated heterocycles. The lowest BCUT2D eigenvalue weighted by Crippen LogP contribution is -2.36. The normalized spacial score (nSPS) is 15.7. The van der Waals surface area contributed by atoms with Crippen LogP contribution in [0.3, 0.4) is 0 Å². The van der Waals surface area contributed by atoms with Crippen molar-refractivity contribution in [2.45, 2.75) is 45.6 Å². The van der Waals surface area contributed by atoms with Gasteiger partial charge < -0.3 is 15.0 Å². The second-order valence-corrected chi connectivity index (χ2v) is 5.48. The number of aromatic nitrogens is 2. The molecule has 2 N–H and O–H groups in total. The molecule has 2 aromatic rings. The first kappa shape index (κ1) is 13.0. The van der Waals surface area contributed by atoms with Crippen LogP contribution >= 0.6 is 0 Å². The number of anilines is 1. The molecule has 0 aromatic carbocycles. The Labute approximate surface area is 118 Å². The third-order valence-corrected chi connectivity index (χ3v) is 4.06. The molecule has 5 nitrogen and oxygen atoms in total. The molecule has 1 aliphatic carbocycles. The summed E-state index contributed by atoms with van der Waals surface area (Å²) in [6, 6.07) is 3.99. The minimum Gasteiger partial charge on any atom is -0.335 e. The lowest BCUT2D eigenvalue weighted by atomic mass is 10.2. The summed E-state index contributed by atoms with van der Waals surface area (Å²) >= 11 is 0. The number of nitrogens with zero attached hydrogens (tertiary/aromatic N) is 2. The average molecular weight is 272 g/mol. The Morgan fingerprint density at radius 3 is 2.85 bits per heavy atom. The molecule has 106 valence electrons. The fourth-order valence-corrected chi connectivity index (χ4v) is 2.81. The Morgan fingerprint density at radius 2 is 2.10 bits per heavy atom. The molecule has 2 amide bonds. The minimum absolute atomic E-state index is 0.136. The molecule has 0 bridgehead atoms. The van der Waals surface area contributed by atoms with E-state index in [4.69, 9.17) is 0 Å². The van der Waals surface area contributed by atoms with Crippen LogP contribution < -0.4 is 10.6 Å². The third-order valence-electron chi connectivity index (χ3n) is 4.06. The largest absolute Gasteiger partial charge is 0.335 e. The fraction of sp³-hybridized carbons (Fsp3) is 0.467. The van der Waals surface area contributed by atoms with Gasteiger partial charge in [-0.2, -0.15) is 0 Å². The minimum atomic E-state index is -0.136. The van der Waals surface area contributed by atoms with Crippen LogP contribution in [-0.2, 0) is 0 Å². The first-order valence-electron chi connectivity index (χ1n) is 7.17. The molecule has 1 saturated carbocycles.